The van der Waals surface area contributed by atoms with Crippen LogP contribution in [0.4, 0.5) is 5.69 Å². The van der Waals surface area contributed by atoms with Crippen molar-refractivity contribution in [3.63, 3.8) is 0 Å². The van der Waals surface area contributed by atoms with E-state index in [2.05, 4.69) is 10.3 Å². The predicted octanol–water partition coefficient (Wildman–Crippen LogP) is 2.87. The number of carbonyl (C=O) groups is 1. The van der Waals surface area contributed by atoms with E-state index in [9.17, 15) is 4.79 Å². The van der Waals surface area contributed by atoms with Gasteiger partial charge in [-0.2, -0.15) is 0 Å². The summed E-state index contributed by atoms with van der Waals surface area (Å²) in [5.41, 5.74) is 3.62. The monoisotopic (exact) mass is 320 g/mol. The number of rotatable bonds is 5. The van der Waals surface area contributed by atoms with Crippen molar-refractivity contribution in [2.24, 2.45) is 0 Å². The number of hydrogen-bond acceptors (Lipinski definition) is 3. The first-order valence-electron chi connectivity index (χ1n) is 7.77. The zero-order valence-electron chi connectivity index (χ0n) is 13.8. The van der Waals surface area contributed by atoms with Gasteiger partial charge in [0.05, 0.1) is 12.5 Å². The summed E-state index contributed by atoms with van der Waals surface area (Å²) in [4.78, 5) is 18.6. The van der Waals surface area contributed by atoms with E-state index in [-0.39, 0.29) is 5.91 Å². The highest BCUT2D eigenvalue weighted by Gasteiger charge is 2.12. The molecule has 1 heterocycles. The molecule has 0 unspecified atom stereocenters. The van der Waals surface area contributed by atoms with Crippen LogP contribution in [-0.2, 0) is 6.54 Å². The minimum Gasteiger partial charge on any atom is -0.378 e. The van der Waals surface area contributed by atoms with Crippen LogP contribution >= 0.6 is 0 Å². The smallest absolute Gasteiger partial charge is 0.270 e. The van der Waals surface area contributed by atoms with Gasteiger partial charge in [0.25, 0.3) is 5.91 Å². The van der Waals surface area contributed by atoms with Crippen LogP contribution in [-0.4, -0.2) is 29.6 Å². The maximum absolute atomic E-state index is 12.5. The number of imidazole rings is 1. The van der Waals surface area contributed by atoms with E-state index >= 15 is 0 Å². The molecule has 2 aromatic carbocycles. The van der Waals surface area contributed by atoms with Gasteiger partial charge in [-0.05, 0) is 29.8 Å². The first-order chi connectivity index (χ1) is 11.6. The van der Waals surface area contributed by atoms with E-state index < -0.39 is 0 Å². The van der Waals surface area contributed by atoms with E-state index in [0.717, 1.165) is 16.9 Å². The third-order valence-electron chi connectivity index (χ3n) is 3.81. The highest BCUT2D eigenvalue weighted by molar-refractivity contribution is 5.92. The molecule has 0 spiro atoms. The van der Waals surface area contributed by atoms with Gasteiger partial charge in [-0.15, -0.1) is 0 Å². The summed E-state index contributed by atoms with van der Waals surface area (Å²) < 4.78 is 1.78. The van der Waals surface area contributed by atoms with Gasteiger partial charge in [-0.1, -0.05) is 30.3 Å². The average molecular weight is 320 g/mol. The lowest BCUT2D eigenvalue weighted by Gasteiger charge is -2.13. The Morgan fingerprint density at radius 1 is 1.08 bits per heavy atom. The van der Waals surface area contributed by atoms with Crippen molar-refractivity contribution < 1.29 is 4.79 Å². The molecular weight excluding hydrogens is 300 g/mol. The third-order valence-corrected chi connectivity index (χ3v) is 3.81. The number of para-hydroxylation sites is 1. The molecule has 24 heavy (non-hydrogen) atoms. The minimum absolute atomic E-state index is 0.145. The Morgan fingerprint density at radius 2 is 1.79 bits per heavy atom. The van der Waals surface area contributed by atoms with Crippen LogP contribution in [0.3, 0.4) is 0 Å². The van der Waals surface area contributed by atoms with Gasteiger partial charge in [0.15, 0.2) is 0 Å². The van der Waals surface area contributed by atoms with Crippen molar-refractivity contribution in [1.29, 1.82) is 0 Å². The zero-order valence-corrected chi connectivity index (χ0v) is 13.8. The van der Waals surface area contributed by atoms with Gasteiger partial charge in [0, 0.05) is 32.0 Å². The molecule has 0 bridgehead atoms. The largest absolute Gasteiger partial charge is 0.378 e. The standard InChI is InChI=1S/C19H20N4O/c1-22(2)16-10-8-15(9-11-16)12-21-19(24)18-13-20-14-23(18)17-6-4-3-5-7-17/h3-11,13-14H,12H2,1-2H3,(H,21,24). The Hall–Kier alpha value is -3.08. The van der Waals surface area contributed by atoms with Crippen LogP contribution in [0, 0.1) is 0 Å². The Morgan fingerprint density at radius 3 is 2.46 bits per heavy atom. The van der Waals surface area contributed by atoms with Crippen LogP contribution in [0.25, 0.3) is 5.69 Å². The molecule has 3 aromatic rings. The topological polar surface area (TPSA) is 50.2 Å². The lowest BCUT2D eigenvalue weighted by Crippen LogP contribution is -2.25. The summed E-state index contributed by atoms with van der Waals surface area (Å²) in [5, 5.41) is 2.95. The first kappa shape index (κ1) is 15.8. The Labute approximate surface area is 141 Å². The minimum atomic E-state index is -0.145. The molecule has 1 aromatic heterocycles. The van der Waals surface area contributed by atoms with Crippen LogP contribution in [0.15, 0.2) is 67.1 Å². The molecule has 122 valence electrons. The summed E-state index contributed by atoms with van der Waals surface area (Å²) in [6.07, 6.45) is 3.23. The van der Waals surface area contributed by atoms with Gasteiger partial charge in [0.1, 0.15) is 5.69 Å². The van der Waals surface area contributed by atoms with Gasteiger partial charge in [-0.25, -0.2) is 4.98 Å². The predicted molar refractivity (Wildman–Crippen MR) is 95.5 cm³/mol. The number of amides is 1. The van der Waals surface area contributed by atoms with Crippen molar-refractivity contribution in [2.45, 2.75) is 6.54 Å². The SMILES string of the molecule is CN(C)c1ccc(CNC(=O)c2cncn2-c2ccccc2)cc1. The molecule has 0 aliphatic rings. The number of hydrogen-bond donors (Lipinski definition) is 1. The summed E-state index contributed by atoms with van der Waals surface area (Å²) in [5.74, 6) is -0.145. The quantitative estimate of drug-likeness (QED) is 0.786. The summed E-state index contributed by atoms with van der Waals surface area (Å²) >= 11 is 0. The molecule has 5 heteroatoms. The average Bonchev–Trinajstić information content (AvgIpc) is 3.10. The second kappa shape index (κ2) is 7.00. The zero-order chi connectivity index (χ0) is 16.9. The number of benzene rings is 2. The number of nitrogens with one attached hydrogen (secondary N) is 1. The summed E-state index contributed by atoms with van der Waals surface area (Å²) in [6, 6.07) is 17.8. The Balaban J connectivity index is 1.69. The lowest BCUT2D eigenvalue weighted by molar-refractivity contribution is 0.0944. The third kappa shape index (κ3) is 3.46. The molecule has 0 saturated carbocycles. The fourth-order valence-electron chi connectivity index (χ4n) is 2.44. The van der Waals surface area contributed by atoms with E-state index in [0.29, 0.717) is 12.2 Å². The maximum Gasteiger partial charge on any atom is 0.270 e. The number of carbonyl (C=O) groups excluding carboxylic acids is 1. The molecule has 0 fully saturated rings. The van der Waals surface area contributed by atoms with E-state index in [1.165, 1.54) is 0 Å². The van der Waals surface area contributed by atoms with Crippen LogP contribution in [0.5, 0.6) is 0 Å². The molecule has 0 aliphatic carbocycles. The fourth-order valence-corrected chi connectivity index (χ4v) is 2.44. The van der Waals surface area contributed by atoms with Crippen molar-refractivity contribution >= 4 is 11.6 Å². The van der Waals surface area contributed by atoms with Gasteiger partial charge in [-0.3, -0.25) is 9.36 Å². The van der Waals surface area contributed by atoms with Crippen LogP contribution in [0.2, 0.25) is 0 Å². The van der Waals surface area contributed by atoms with Crippen molar-refractivity contribution in [2.75, 3.05) is 19.0 Å². The highest BCUT2D eigenvalue weighted by Crippen LogP contribution is 2.13. The molecule has 1 N–H and O–H groups in total. The number of nitrogens with zero attached hydrogens (tertiary/aromatic N) is 3. The van der Waals surface area contributed by atoms with E-state index in [1.807, 2.05) is 73.6 Å². The van der Waals surface area contributed by atoms with Gasteiger partial charge < -0.3 is 10.2 Å². The van der Waals surface area contributed by atoms with Crippen molar-refractivity contribution in [3.8, 4) is 5.69 Å². The van der Waals surface area contributed by atoms with Gasteiger partial charge in [0.2, 0.25) is 0 Å². The molecule has 1 amide bonds. The van der Waals surface area contributed by atoms with E-state index in [4.69, 9.17) is 0 Å². The fraction of sp³-hybridized carbons (Fsp3) is 0.158. The Bertz CT molecular complexity index is 807. The van der Waals surface area contributed by atoms with Crippen molar-refractivity contribution in [1.82, 2.24) is 14.9 Å². The number of aromatic nitrogens is 2. The summed E-state index contributed by atoms with van der Waals surface area (Å²) in [7, 11) is 4.00. The summed E-state index contributed by atoms with van der Waals surface area (Å²) in [6.45, 7) is 0.479. The van der Waals surface area contributed by atoms with Crippen LogP contribution < -0.4 is 10.2 Å². The van der Waals surface area contributed by atoms with Crippen LogP contribution in [0.1, 0.15) is 16.1 Å². The van der Waals surface area contributed by atoms with Gasteiger partial charge >= 0.3 is 0 Å². The normalized spacial score (nSPS) is 10.4. The molecule has 0 atom stereocenters. The molecule has 0 radical (unpaired) electrons. The second-order valence-corrected chi connectivity index (χ2v) is 5.73. The van der Waals surface area contributed by atoms with Crippen molar-refractivity contribution in [3.05, 3.63) is 78.4 Å². The van der Waals surface area contributed by atoms with E-state index in [1.54, 1.807) is 17.1 Å². The molecule has 0 aliphatic heterocycles. The molecule has 5 nitrogen and oxygen atoms in total. The molecule has 0 saturated heterocycles. The highest BCUT2D eigenvalue weighted by atomic mass is 16.1. The maximum atomic E-state index is 12.5. The molecular formula is C19H20N4O. The first-order valence-corrected chi connectivity index (χ1v) is 7.77. The Kier molecular flexibility index (Phi) is 4.61. The number of anilines is 1. The lowest BCUT2D eigenvalue weighted by atomic mass is 10.2. The molecule has 3 rings (SSSR count). The second-order valence-electron chi connectivity index (χ2n) is 5.73.